The summed E-state index contributed by atoms with van der Waals surface area (Å²) in [6.07, 6.45) is -3.71. The molecule has 0 saturated carbocycles. The van der Waals surface area contributed by atoms with Crippen LogP contribution in [0.4, 0.5) is 17.6 Å². The van der Waals surface area contributed by atoms with Crippen LogP contribution in [0.1, 0.15) is 5.56 Å². The second kappa shape index (κ2) is 7.35. The lowest BCUT2D eigenvalue weighted by Gasteiger charge is -2.17. The molecule has 0 aromatic heterocycles. The molecule has 1 rings (SSSR count). The number of hydrogen-bond acceptors (Lipinski definition) is 4. The number of rotatable bonds is 8. The minimum Gasteiger partial charge on any atom is -0.496 e. The molecule has 0 unspecified atom stereocenters. The van der Waals surface area contributed by atoms with Gasteiger partial charge < -0.3 is 19.5 Å². The summed E-state index contributed by atoms with van der Waals surface area (Å²) in [5.41, 5.74) is 0.486. The minimum absolute atomic E-state index is 0.0775. The van der Waals surface area contributed by atoms with Crippen LogP contribution in [0.2, 0.25) is 0 Å². The Bertz CT molecular complexity index is 469. The van der Waals surface area contributed by atoms with Crippen LogP contribution in [-0.4, -0.2) is 40.2 Å². The first-order chi connectivity index (χ1) is 9.85. The van der Waals surface area contributed by atoms with Crippen LogP contribution >= 0.6 is 0 Å². The standard InChI is InChI=1S/C13H17F4NO3/c1-19-9-5-11(21-3)10(20-2)4-8(9)6-18-7-13(16,17)12(14)15/h4-5,12,18H,6-7H2,1-3H3. The van der Waals surface area contributed by atoms with E-state index in [1.54, 1.807) is 0 Å². The number of benzene rings is 1. The average Bonchev–Trinajstić information content (AvgIpc) is 2.46. The summed E-state index contributed by atoms with van der Waals surface area (Å²) in [7, 11) is 4.27. The van der Waals surface area contributed by atoms with E-state index >= 15 is 0 Å². The van der Waals surface area contributed by atoms with Crippen LogP contribution < -0.4 is 19.5 Å². The van der Waals surface area contributed by atoms with E-state index in [1.807, 2.05) is 0 Å². The van der Waals surface area contributed by atoms with E-state index in [9.17, 15) is 17.6 Å². The van der Waals surface area contributed by atoms with Gasteiger partial charge in [0.05, 0.1) is 27.9 Å². The summed E-state index contributed by atoms with van der Waals surface area (Å²) in [6.45, 7) is -1.21. The fraction of sp³-hybridized carbons (Fsp3) is 0.538. The van der Waals surface area contributed by atoms with E-state index in [0.29, 0.717) is 22.8 Å². The molecule has 0 radical (unpaired) electrons. The van der Waals surface area contributed by atoms with Gasteiger partial charge in [-0.25, -0.2) is 8.78 Å². The zero-order chi connectivity index (χ0) is 16.0. The molecule has 8 heteroatoms. The van der Waals surface area contributed by atoms with Crippen molar-refractivity contribution in [3.63, 3.8) is 0 Å². The molecule has 0 heterocycles. The third-order valence-corrected chi connectivity index (χ3v) is 2.78. The highest BCUT2D eigenvalue weighted by Gasteiger charge is 2.40. The number of hydrogen-bond donors (Lipinski definition) is 1. The number of halogens is 4. The molecule has 1 aromatic carbocycles. The van der Waals surface area contributed by atoms with Crippen molar-refractivity contribution in [2.24, 2.45) is 0 Å². The topological polar surface area (TPSA) is 39.7 Å². The van der Waals surface area contributed by atoms with Gasteiger partial charge in [-0.3, -0.25) is 0 Å². The van der Waals surface area contributed by atoms with Crippen LogP contribution in [0.5, 0.6) is 17.2 Å². The second-order valence-electron chi connectivity index (χ2n) is 4.18. The Morgan fingerprint density at radius 1 is 1.00 bits per heavy atom. The highest BCUT2D eigenvalue weighted by atomic mass is 19.3. The van der Waals surface area contributed by atoms with Gasteiger partial charge in [-0.15, -0.1) is 0 Å². The van der Waals surface area contributed by atoms with Crippen molar-refractivity contribution in [3.05, 3.63) is 17.7 Å². The van der Waals surface area contributed by atoms with E-state index in [1.165, 1.54) is 33.5 Å². The van der Waals surface area contributed by atoms with E-state index in [2.05, 4.69) is 5.32 Å². The average molecular weight is 311 g/mol. The molecule has 0 fully saturated rings. The van der Waals surface area contributed by atoms with Crippen LogP contribution in [0.25, 0.3) is 0 Å². The molecule has 120 valence electrons. The molecule has 0 aliphatic heterocycles. The predicted octanol–water partition coefficient (Wildman–Crippen LogP) is 2.70. The van der Waals surface area contributed by atoms with Crippen molar-refractivity contribution in [1.29, 1.82) is 0 Å². The SMILES string of the molecule is COc1cc(OC)c(OC)cc1CNCC(F)(F)C(F)F. The molecule has 0 spiro atoms. The Labute approximate surface area is 120 Å². The van der Waals surface area contributed by atoms with Gasteiger partial charge in [-0.05, 0) is 6.07 Å². The summed E-state index contributed by atoms with van der Waals surface area (Å²) in [6, 6.07) is 3.06. The molecule has 0 aliphatic carbocycles. The zero-order valence-corrected chi connectivity index (χ0v) is 11.9. The maximum Gasteiger partial charge on any atom is 0.319 e. The Morgan fingerprint density at radius 3 is 2.00 bits per heavy atom. The first kappa shape index (κ1) is 17.4. The first-order valence-corrected chi connectivity index (χ1v) is 6.01. The van der Waals surface area contributed by atoms with E-state index in [4.69, 9.17) is 14.2 Å². The number of ether oxygens (including phenoxy) is 3. The smallest absolute Gasteiger partial charge is 0.319 e. The van der Waals surface area contributed by atoms with Crippen molar-refractivity contribution in [2.75, 3.05) is 27.9 Å². The second-order valence-corrected chi connectivity index (χ2v) is 4.18. The van der Waals surface area contributed by atoms with Crippen molar-refractivity contribution in [1.82, 2.24) is 5.32 Å². The number of alkyl halides is 4. The fourth-order valence-corrected chi connectivity index (χ4v) is 1.67. The van der Waals surface area contributed by atoms with Crippen molar-refractivity contribution in [2.45, 2.75) is 18.9 Å². The van der Waals surface area contributed by atoms with Crippen molar-refractivity contribution in [3.8, 4) is 17.2 Å². The quantitative estimate of drug-likeness (QED) is 0.749. The Balaban J connectivity index is 2.83. The first-order valence-electron chi connectivity index (χ1n) is 6.01. The molecule has 21 heavy (non-hydrogen) atoms. The maximum atomic E-state index is 12.8. The van der Waals surface area contributed by atoms with Gasteiger partial charge in [-0.2, -0.15) is 8.78 Å². The van der Waals surface area contributed by atoms with Crippen LogP contribution in [-0.2, 0) is 6.54 Å². The van der Waals surface area contributed by atoms with Gasteiger partial charge in [0.1, 0.15) is 5.75 Å². The highest BCUT2D eigenvalue weighted by Crippen LogP contribution is 2.34. The largest absolute Gasteiger partial charge is 0.496 e. The summed E-state index contributed by atoms with van der Waals surface area (Å²) < 4.78 is 65.0. The van der Waals surface area contributed by atoms with Crippen LogP contribution in [0.15, 0.2) is 12.1 Å². The van der Waals surface area contributed by atoms with Gasteiger partial charge >= 0.3 is 12.3 Å². The highest BCUT2D eigenvalue weighted by molar-refractivity contribution is 5.50. The molecule has 0 atom stereocenters. The van der Waals surface area contributed by atoms with Gasteiger partial charge in [0.15, 0.2) is 11.5 Å². The Hall–Kier alpha value is -1.70. The molecule has 0 bridgehead atoms. The van der Waals surface area contributed by atoms with Gasteiger partial charge in [0, 0.05) is 18.2 Å². The molecular formula is C13H17F4NO3. The normalized spacial score (nSPS) is 11.6. The third kappa shape index (κ3) is 4.38. The van der Waals surface area contributed by atoms with E-state index < -0.39 is 18.9 Å². The fourth-order valence-electron chi connectivity index (χ4n) is 1.67. The number of nitrogens with one attached hydrogen (secondary N) is 1. The molecule has 1 aromatic rings. The summed E-state index contributed by atoms with van der Waals surface area (Å²) in [5.74, 6) is -2.91. The van der Waals surface area contributed by atoms with Gasteiger partial charge in [0.2, 0.25) is 0 Å². The third-order valence-electron chi connectivity index (χ3n) is 2.78. The number of methoxy groups -OCH3 is 3. The van der Waals surface area contributed by atoms with E-state index in [-0.39, 0.29) is 6.54 Å². The lowest BCUT2D eigenvalue weighted by atomic mass is 10.1. The van der Waals surface area contributed by atoms with Gasteiger partial charge in [0.25, 0.3) is 0 Å². The Kier molecular flexibility index (Phi) is 6.07. The summed E-state index contributed by atoms with van der Waals surface area (Å²) in [4.78, 5) is 0. The molecular weight excluding hydrogens is 294 g/mol. The maximum absolute atomic E-state index is 12.8. The van der Waals surface area contributed by atoms with Crippen molar-refractivity contribution < 1.29 is 31.8 Å². The van der Waals surface area contributed by atoms with E-state index in [0.717, 1.165) is 0 Å². The van der Waals surface area contributed by atoms with Crippen LogP contribution in [0.3, 0.4) is 0 Å². The molecule has 0 aliphatic rings. The zero-order valence-electron chi connectivity index (χ0n) is 11.9. The van der Waals surface area contributed by atoms with Crippen LogP contribution in [0, 0.1) is 0 Å². The molecule has 0 amide bonds. The minimum atomic E-state index is -4.08. The molecule has 4 nitrogen and oxygen atoms in total. The monoisotopic (exact) mass is 311 g/mol. The summed E-state index contributed by atoms with van der Waals surface area (Å²) in [5, 5.41) is 2.28. The lowest BCUT2D eigenvalue weighted by Crippen LogP contribution is -2.38. The molecule has 0 saturated heterocycles. The molecule has 1 N–H and O–H groups in total. The Morgan fingerprint density at radius 2 is 1.52 bits per heavy atom. The predicted molar refractivity (Wildman–Crippen MR) is 68.8 cm³/mol. The van der Waals surface area contributed by atoms with Gasteiger partial charge in [-0.1, -0.05) is 0 Å². The summed E-state index contributed by atoms with van der Waals surface area (Å²) >= 11 is 0. The lowest BCUT2D eigenvalue weighted by molar-refractivity contribution is -0.125. The van der Waals surface area contributed by atoms with Crippen molar-refractivity contribution >= 4 is 0 Å².